The molecule has 0 N–H and O–H groups in total. The first kappa shape index (κ1) is 18.9. The molecule has 3 rings (SSSR count). The zero-order valence-corrected chi connectivity index (χ0v) is 16.1. The highest BCUT2D eigenvalue weighted by Crippen LogP contribution is 2.33. The van der Waals surface area contributed by atoms with Crippen molar-refractivity contribution in [1.29, 1.82) is 0 Å². The summed E-state index contributed by atoms with van der Waals surface area (Å²) in [5, 5.41) is 10.6. The highest BCUT2D eigenvalue weighted by atomic mass is 32.2. The Bertz CT molecular complexity index is 723. The molecule has 0 unspecified atom stereocenters. The average molecular weight is 390 g/mol. The summed E-state index contributed by atoms with van der Waals surface area (Å²) < 4.78 is 0.392. The van der Waals surface area contributed by atoms with E-state index in [9.17, 15) is 14.7 Å². The summed E-state index contributed by atoms with van der Waals surface area (Å²) in [6.45, 7) is 2.24. The van der Waals surface area contributed by atoms with Gasteiger partial charge in [0, 0.05) is 37.7 Å². The molecule has 1 aromatic carbocycles. The van der Waals surface area contributed by atoms with Crippen LogP contribution >= 0.6 is 24.0 Å². The Hall–Kier alpha value is -1.86. The molecule has 5 nitrogen and oxygen atoms in total. The number of thiocarbonyl (C=S) groups is 1. The fourth-order valence-corrected chi connectivity index (χ4v) is 4.47. The Balaban J connectivity index is 1.68. The molecule has 2 heterocycles. The van der Waals surface area contributed by atoms with E-state index in [0.29, 0.717) is 9.23 Å². The van der Waals surface area contributed by atoms with E-state index in [1.807, 2.05) is 18.2 Å². The maximum atomic E-state index is 12.4. The van der Waals surface area contributed by atoms with Crippen molar-refractivity contribution in [3.8, 4) is 0 Å². The van der Waals surface area contributed by atoms with Crippen LogP contribution in [0.5, 0.6) is 0 Å². The van der Waals surface area contributed by atoms with Gasteiger partial charge in [0.15, 0.2) is 0 Å². The highest BCUT2D eigenvalue weighted by molar-refractivity contribution is 8.26. The van der Waals surface area contributed by atoms with E-state index in [4.69, 9.17) is 12.2 Å². The molecular formula is C19H21N2O3S2-. The Labute approximate surface area is 163 Å². The van der Waals surface area contributed by atoms with Crippen molar-refractivity contribution in [3.05, 3.63) is 34.7 Å². The molecule has 0 bridgehead atoms. The van der Waals surface area contributed by atoms with Crippen LogP contribution in [0, 0.1) is 0 Å². The number of amides is 1. The SMILES string of the molecule is O=C([O-])CCN1C(=O)/C(=C\c2ccc(N3CCCCCC3)cc2)SC1=S. The van der Waals surface area contributed by atoms with Gasteiger partial charge in [-0.3, -0.25) is 9.69 Å². The lowest BCUT2D eigenvalue weighted by Gasteiger charge is -2.22. The lowest BCUT2D eigenvalue weighted by molar-refractivity contribution is -0.305. The van der Waals surface area contributed by atoms with Crippen molar-refractivity contribution in [2.45, 2.75) is 32.1 Å². The van der Waals surface area contributed by atoms with Crippen molar-refractivity contribution in [2.75, 3.05) is 24.5 Å². The van der Waals surface area contributed by atoms with Crippen LogP contribution in [0.4, 0.5) is 5.69 Å². The summed E-state index contributed by atoms with van der Waals surface area (Å²) >= 11 is 6.40. The Morgan fingerprint density at radius 2 is 1.81 bits per heavy atom. The zero-order valence-electron chi connectivity index (χ0n) is 14.5. The molecule has 26 heavy (non-hydrogen) atoms. The van der Waals surface area contributed by atoms with Crippen LogP contribution in [0.2, 0.25) is 0 Å². The van der Waals surface area contributed by atoms with Crippen LogP contribution in [0.25, 0.3) is 6.08 Å². The second-order valence-corrected chi connectivity index (χ2v) is 8.12. The minimum atomic E-state index is -1.19. The number of anilines is 1. The van der Waals surface area contributed by atoms with Gasteiger partial charge in [0.25, 0.3) is 5.91 Å². The number of carboxylic acids is 1. The molecule has 2 aliphatic rings. The lowest BCUT2D eigenvalue weighted by Crippen LogP contribution is -2.33. The first-order chi connectivity index (χ1) is 12.5. The van der Waals surface area contributed by atoms with Gasteiger partial charge >= 0.3 is 0 Å². The minimum absolute atomic E-state index is 0.0538. The summed E-state index contributed by atoms with van der Waals surface area (Å²) in [5.41, 5.74) is 2.15. The standard InChI is InChI=1S/C19H22N2O3S2/c22-17(23)9-12-21-18(24)16(26-19(21)25)13-14-5-7-15(8-6-14)20-10-3-1-2-4-11-20/h5-8,13H,1-4,9-12H2,(H,22,23)/p-1/b16-13+. The van der Waals surface area contributed by atoms with Gasteiger partial charge in [0.1, 0.15) is 4.32 Å². The van der Waals surface area contributed by atoms with Gasteiger partial charge in [-0.2, -0.15) is 0 Å². The maximum absolute atomic E-state index is 12.4. The van der Waals surface area contributed by atoms with Gasteiger partial charge in [0.2, 0.25) is 0 Å². The third-order valence-corrected chi connectivity index (χ3v) is 5.95. The average Bonchev–Trinajstić information content (AvgIpc) is 2.82. The second-order valence-electron chi connectivity index (χ2n) is 6.45. The summed E-state index contributed by atoms with van der Waals surface area (Å²) in [7, 11) is 0. The van der Waals surface area contributed by atoms with Gasteiger partial charge in [-0.05, 0) is 36.6 Å². The van der Waals surface area contributed by atoms with E-state index in [0.717, 1.165) is 18.7 Å². The Morgan fingerprint density at radius 1 is 1.15 bits per heavy atom. The molecule has 2 saturated heterocycles. The zero-order chi connectivity index (χ0) is 18.5. The summed E-state index contributed by atoms with van der Waals surface area (Å²) in [6.07, 6.45) is 6.66. The van der Waals surface area contributed by atoms with Crippen LogP contribution in [0.1, 0.15) is 37.7 Å². The maximum Gasteiger partial charge on any atom is 0.266 e. The fraction of sp³-hybridized carbons (Fsp3) is 0.421. The van der Waals surface area contributed by atoms with Crippen molar-refractivity contribution < 1.29 is 14.7 Å². The number of hydrogen-bond donors (Lipinski definition) is 0. The summed E-state index contributed by atoms with van der Waals surface area (Å²) in [6, 6.07) is 8.20. The van der Waals surface area contributed by atoms with Gasteiger partial charge in [-0.25, -0.2) is 0 Å². The number of hydrogen-bond acceptors (Lipinski definition) is 6. The van der Waals surface area contributed by atoms with Crippen molar-refractivity contribution >= 4 is 51.9 Å². The lowest BCUT2D eigenvalue weighted by atomic mass is 10.1. The third kappa shape index (κ3) is 4.65. The van der Waals surface area contributed by atoms with Crippen LogP contribution in [0.15, 0.2) is 29.2 Å². The van der Waals surface area contributed by atoms with E-state index in [-0.39, 0.29) is 18.9 Å². The molecule has 1 amide bonds. The van der Waals surface area contributed by atoms with Gasteiger partial charge in [-0.1, -0.05) is 49.0 Å². The van der Waals surface area contributed by atoms with Crippen LogP contribution in [0.3, 0.4) is 0 Å². The highest BCUT2D eigenvalue weighted by Gasteiger charge is 2.31. The molecule has 0 radical (unpaired) electrons. The van der Waals surface area contributed by atoms with E-state index in [1.165, 1.54) is 48.0 Å². The van der Waals surface area contributed by atoms with E-state index < -0.39 is 5.97 Å². The molecule has 2 aliphatic heterocycles. The number of carbonyl (C=O) groups is 2. The number of benzene rings is 1. The van der Waals surface area contributed by atoms with E-state index in [2.05, 4.69) is 17.0 Å². The van der Waals surface area contributed by atoms with Crippen LogP contribution < -0.4 is 10.0 Å². The topological polar surface area (TPSA) is 63.7 Å². The number of rotatable bonds is 5. The quantitative estimate of drug-likeness (QED) is 0.569. The van der Waals surface area contributed by atoms with Crippen molar-refractivity contribution in [3.63, 3.8) is 0 Å². The number of aliphatic carboxylic acids is 1. The molecule has 0 saturated carbocycles. The monoisotopic (exact) mass is 389 g/mol. The van der Waals surface area contributed by atoms with Gasteiger partial charge in [-0.15, -0.1) is 0 Å². The number of nitrogens with zero attached hydrogens (tertiary/aromatic N) is 2. The number of carboxylic acid groups (broad SMARTS) is 1. The predicted octanol–water partition coefficient (Wildman–Crippen LogP) is 2.41. The van der Waals surface area contributed by atoms with E-state index >= 15 is 0 Å². The van der Waals surface area contributed by atoms with Gasteiger partial charge < -0.3 is 14.8 Å². The number of carbonyl (C=O) groups excluding carboxylic acids is 2. The summed E-state index contributed by atoms with van der Waals surface area (Å²) in [4.78, 5) is 27.3. The molecule has 0 atom stereocenters. The first-order valence-corrected chi connectivity index (χ1v) is 10.1. The Kier molecular flexibility index (Phi) is 6.32. The normalized spacial score (nSPS) is 19.9. The van der Waals surface area contributed by atoms with Crippen molar-refractivity contribution in [1.82, 2.24) is 4.90 Å². The minimum Gasteiger partial charge on any atom is -0.550 e. The smallest absolute Gasteiger partial charge is 0.266 e. The summed E-state index contributed by atoms with van der Waals surface area (Å²) in [5.74, 6) is -1.43. The van der Waals surface area contributed by atoms with E-state index in [1.54, 1.807) is 0 Å². The Morgan fingerprint density at radius 3 is 2.42 bits per heavy atom. The van der Waals surface area contributed by atoms with Crippen LogP contribution in [-0.2, 0) is 9.59 Å². The van der Waals surface area contributed by atoms with Crippen molar-refractivity contribution in [2.24, 2.45) is 0 Å². The molecular weight excluding hydrogens is 368 g/mol. The third-order valence-electron chi connectivity index (χ3n) is 4.58. The second kappa shape index (κ2) is 8.68. The van der Waals surface area contributed by atoms with Crippen LogP contribution in [-0.4, -0.2) is 40.7 Å². The molecule has 2 fully saturated rings. The predicted molar refractivity (Wildman–Crippen MR) is 107 cm³/mol. The molecule has 0 spiro atoms. The molecule has 0 aromatic heterocycles. The first-order valence-electron chi connectivity index (χ1n) is 8.85. The van der Waals surface area contributed by atoms with Gasteiger partial charge in [0.05, 0.1) is 4.91 Å². The fourth-order valence-electron chi connectivity index (χ4n) is 3.16. The molecule has 7 heteroatoms. The molecule has 1 aromatic rings. The largest absolute Gasteiger partial charge is 0.550 e. The number of thioether (sulfide) groups is 1. The molecule has 138 valence electrons. The molecule has 0 aliphatic carbocycles.